The molecule has 0 aliphatic heterocycles. The van der Waals surface area contributed by atoms with Crippen molar-refractivity contribution in [3.05, 3.63) is 42.6 Å². The van der Waals surface area contributed by atoms with Crippen LogP contribution in [0.2, 0.25) is 0 Å². The van der Waals surface area contributed by atoms with Crippen molar-refractivity contribution in [2.24, 2.45) is 0 Å². The number of hydrogen-bond acceptors (Lipinski definition) is 4. The highest BCUT2D eigenvalue weighted by molar-refractivity contribution is 5.90. The molecular weight excluding hydrogens is 232 g/mol. The van der Waals surface area contributed by atoms with Gasteiger partial charge in [-0.05, 0) is 12.1 Å². The number of aromatic nitrogens is 5. The summed E-state index contributed by atoms with van der Waals surface area (Å²) in [6.07, 6.45) is 5.25. The highest BCUT2D eigenvalue weighted by Crippen LogP contribution is 2.05. The maximum absolute atomic E-state index is 11.7. The molecule has 0 saturated heterocycles. The van der Waals surface area contributed by atoms with Gasteiger partial charge in [0.1, 0.15) is 12.0 Å². The van der Waals surface area contributed by atoms with Crippen molar-refractivity contribution in [1.29, 1.82) is 0 Å². The maximum atomic E-state index is 11.7. The fourth-order valence-corrected chi connectivity index (χ4v) is 1.68. The van der Waals surface area contributed by atoms with E-state index in [9.17, 15) is 4.79 Å². The maximum Gasteiger partial charge on any atom is 0.232 e. The van der Waals surface area contributed by atoms with E-state index in [1.807, 2.05) is 35.0 Å². The van der Waals surface area contributed by atoms with Crippen LogP contribution < -0.4 is 5.32 Å². The number of rotatable bonds is 3. The van der Waals surface area contributed by atoms with Gasteiger partial charge in [-0.25, -0.2) is 10.1 Å². The third kappa shape index (κ3) is 2.05. The summed E-state index contributed by atoms with van der Waals surface area (Å²) in [5, 5.41) is 8.81. The minimum Gasteiger partial charge on any atom is -0.307 e. The highest BCUT2D eigenvalue weighted by atomic mass is 16.1. The predicted octanol–water partition coefficient (Wildman–Crippen LogP) is 0.634. The molecule has 3 rings (SSSR count). The molecule has 3 heterocycles. The van der Waals surface area contributed by atoms with Crippen LogP contribution in [0.15, 0.2) is 36.9 Å². The van der Waals surface area contributed by atoms with E-state index in [2.05, 4.69) is 25.5 Å². The molecule has 0 fully saturated rings. The molecule has 0 atom stereocenters. The molecule has 0 spiro atoms. The molecule has 2 N–H and O–H groups in total. The minimum absolute atomic E-state index is 0.185. The van der Waals surface area contributed by atoms with Gasteiger partial charge in [-0.1, -0.05) is 6.07 Å². The Hall–Kier alpha value is -2.70. The predicted molar refractivity (Wildman–Crippen MR) is 63.9 cm³/mol. The Kier molecular flexibility index (Phi) is 2.49. The van der Waals surface area contributed by atoms with Crippen LogP contribution in [0.1, 0.15) is 5.69 Å². The molecule has 3 aromatic rings. The molecule has 7 heteroatoms. The van der Waals surface area contributed by atoms with Gasteiger partial charge in [-0.15, -0.1) is 0 Å². The SMILES string of the molecule is O=C(Cc1cn2ccccc2n1)Nc1ncn[nH]1. The Morgan fingerprint density at radius 1 is 1.44 bits per heavy atom. The van der Waals surface area contributed by atoms with E-state index in [-0.39, 0.29) is 12.3 Å². The smallest absolute Gasteiger partial charge is 0.232 e. The fourth-order valence-electron chi connectivity index (χ4n) is 1.68. The molecule has 3 aromatic heterocycles. The molecule has 90 valence electrons. The van der Waals surface area contributed by atoms with Gasteiger partial charge in [0.15, 0.2) is 0 Å². The van der Waals surface area contributed by atoms with Crippen LogP contribution in [-0.2, 0) is 11.2 Å². The zero-order chi connectivity index (χ0) is 12.4. The van der Waals surface area contributed by atoms with E-state index in [0.29, 0.717) is 11.6 Å². The van der Waals surface area contributed by atoms with Gasteiger partial charge in [0, 0.05) is 12.4 Å². The summed E-state index contributed by atoms with van der Waals surface area (Å²) in [5.41, 5.74) is 1.53. The molecule has 0 bridgehead atoms. The minimum atomic E-state index is -0.185. The van der Waals surface area contributed by atoms with Gasteiger partial charge in [0.05, 0.1) is 12.1 Å². The topological polar surface area (TPSA) is 88.0 Å². The van der Waals surface area contributed by atoms with Gasteiger partial charge >= 0.3 is 0 Å². The van der Waals surface area contributed by atoms with Crippen LogP contribution >= 0.6 is 0 Å². The van der Waals surface area contributed by atoms with Crippen LogP contribution in [-0.4, -0.2) is 30.5 Å². The lowest BCUT2D eigenvalue weighted by Gasteiger charge is -1.97. The molecule has 7 nitrogen and oxygen atoms in total. The number of nitrogens with one attached hydrogen (secondary N) is 2. The molecule has 0 radical (unpaired) electrons. The van der Waals surface area contributed by atoms with Crippen molar-refractivity contribution in [3.63, 3.8) is 0 Å². The second-order valence-corrected chi connectivity index (χ2v) is 3.76. The Bertz CT molecular complexity index is 639. The number of anilines is 1. The number of pyridine rings is 1. The molecule has 18 heavy (non-hydrogen) atoms. The molecular formula is C11H10N6O. The van der Waals surface area contributed by atoms with Crippen molar-refractivity contribution < 1.29 is 4.79 Å². The van der Waals surface area contributed by atoms with Gasteiger partial charge in [-0.3, -0.25) is 10.1 Å². The Balaban J connectivity index is 1.74. The Morgan fingerprint density at radius 3 is 3.17 bits per heavy atom. The molecule has 0 aliphatic rings. The van der Waals surface area contributed by atoms with E-state index in [1.54, 1.807) is 0 Å². The molecule has 0 saturated carbocycles. The van der Waals surface area contributed by atoms with Crippen molar-refractivity contribution in [2.45, 2.75) is 6.42 Å². The van der Waals surface area contributed by atoms with Crippen molar-refractivity contribution in [1.82, 2.24) is 24.6 Å². The quantitative estimate of drug-likeness (QED) is 0.705. The van der Waals surface area contributed by atoms with Gasteiger partial charge < -0.3 is 4.40 Å². The first-order valence-corrected chi connectivity index (χ1v) is 5.39. The number of nitrogens with zero attached hydrogens (tertiary/aromatic N) is 4. The average molecular weight is 242 g/mol. The lowest BCUT2D eigenvalue weighted by molar-refractivity contribution is -0.115. The number of aromatic amines is 1. The zero-order valence-electron chi connectivity index (χ0n) is 9.37. The van der Waals surface area contributed by atoms with Crippen LogP contribution in [0.5, 0.6) is 0 Å². The van der Waals surface area contributed by atoms with Crippen molar-refractivity contribution >= 4 is 17.5 Å². The first-order valence-electron chi connectivity index (χ1n) is 5.39. The average Bonchev–Trinajstić information content (AvgIpc) is 2.96. The van der Waals surface area contributed by atoms with Crippen molar-refractivity contribution in [3.8, 4) is 0 Å². The normalized spacial score (nSPS) is 10.7. The number of H-pyrrole nitrogens is 1. The van der Waals surface area contributed by atoms with Gasteiger partial charge in [0.25, 0.3) is 0 Å². The number of carbonyl (C=O) groups excluding carboxylic acids is 1. The summed E-state index contributed by atoms with van der Waals surface area (Å²) in [5.74, 6) is 0.152. The van der Waals surface area contributed by atoms with Crippen LogP contribution in [0.25, 0.3) is 5.65 Å². The Morgan fingerprint density at radius 2 is 2.39 bits per heavy atom. The van der Waals surface area contributed by atoms with Crippen LogP contribution in [0, 0.1) is 0 Å². The first-order chi connectivity index (χ1) is 8.81. The second-order valence-electron chi connectivity index (χ2n) is 3.76. The van der Waals surface area contributed by atoms with Crippen LogP contribution in [0.4, 0.5) is 5.95 Å². The molecule has 0 aliphatic carbocycles. The standard InChI is InChI=1S/C11H10N6O/c18-10(15-11-12-7-13-16-11)5-8-6-17-4-2-1-3-9(17)14-8/h1-4,6-7H,5H2,(H2,12,13,15,16,18). The lowest BCUT2D eigenvalue weighted by Crippen LogP contribution is -2.15. The summed E-state index contributed by atoms with van der Waals surface area (Å²) in [7, 11) is 0. The van der Waals surface area contributed by atoms with E-state index < -0.39 is 0 Å². The molecule has 0 unspecified atom stereocenters. The zero-order valence-corrected chi connectivity index (χ0v) is 9.37. The van der Waals surface area contributed by atoms with E-state index >= 15 is 0 Å². The van der Waals surface area contributed by atoms with Crippen molar-refractivity contribution in [2.75, 3.05) is 5.32 Å². The van der Waals surface area contributed by atoms with Crippen LogP contribution in [0.3, 0.4) is 0 Å². The van der Waals surface area contributed by atoms with Gasteiger partial charge in [0.2, 0.25) is 11.9 Å². The number of hydrogen-bond donors (Lipinski definition) is 2. The first kappa shape index (κ1) is 10.5. The Labute approximate surface area is 102 Å². The van der Waals surface area contributed by atoms with E-state index in [4.69, 9.17) is 0 Å². The summed E-state index contributed by atoms with van der Waals surface area (Å²) in [6.45, 7) is 0. The summed E-state index contributed by atoms with van der Waals surface area (Å²) >= 11 is 0. The number of carbonyl (C=O) groups is 1. The highest BCUT2D eigenvalue weighted by Gasteiger charge is 2.08. The summed E-state index contributed by atoms with van der Waals surface area (Å²) in [4.78, 5) is 19.9. The number of amides is 1. The fraction of sp³-hybridized carbons (Fsp3) is 0.0909. The third-order valence-electron chi connectivity index (χ3n) is 2.43. The lowest BCUT2D eigenvalue weighted by atomic mass is 10.3. The number of fused-ring (bicyclic) bond motifs is 1. The monoisotopic (exact) mass is 242 g/mol. The second kappa shape index (κ2) is 4.28. The van der Waals surface area contributed by atoms with E-state index in [1.165, 1.54) is 6.33 Å². The summed E-state index contributed by atoms with van der Waals surface area (Å²) in [6, 6.07) is 5.70. The largest absolute Gasteiger partial charge is 0.307 e. The summed E-state index contributed by atoms with van der Waals surface area (Å²) < 4.78 is 1.87. The third-order valence-corrected chi connectivity index (χ3v) is 2.43. The van der Waals surface area contributed by atoms with E-state index in [0.717, 1.165) is 5.65 Å². The molecule has 0 aromatic carbocycles. The van der Waals surface area contributed by atoms with Gasteiger partial charge in [-0.2, -0.15) is 10.1 Å². The number of imidazole rings is 1. The molecule has 1 amide bonds.